The quantitative estimate of drug-likeness (QED) is 0.490. The summed E-state index contributed by atoms with van der Waals surface area (Å²) in [5.74, 6) is 0. The highest BCUT2D eigenvalue weighted by molar-refractivity contribution is 6.51. The Hall–Kier alpha value is 0.571. The summed E-state index contributed by atoms with van der Waals surface area (Å²) >= 11 is 0. The molecule has 0 heterocycles. The molecule has 0 aliphatic rings. The minimum absolute atomic E-state index is 0.0448. The molecule has 68 valence electrons. The molecule has 0 rings (SSSR count). The highest BCUT2D eigenvalue weighted by Crippen LogP contribution is 2.02. The van der Waals surface area contributed by atoms with Gasteiger partial charge in [-0.1, -0.05) is 27.7 Å². The first kappa shape index (κ1) is 11.6. The summed E-state index contributed by atoms with van der Waals surface area (Å²) < 4.78 is 5.29. The summed E-state index contributed by atoms with van der Waals surface area (Å²) in [4.78, 5) is 0. The standard InChI is InChI=1S/C6H22N2Si3/c1-5(2)7(6(3)4)11-8(9)10/h5-6H,11H2,1-4,9-10H3. The van der Waals surface area contributed by atoms with Crippen molar-refractivity contribution in [3.05, 3.63) is 0 Å². The van der Waals surface area contributed by atoms with Crippen LogP contribution < -0.4 is 0 Å². The SMILES string of the molecule is CC(C)N([SiH2]N([SiH3])[SiH3])C(C)C. The molecule has 0 aromatic rings. The first-order chi connectivity index (χ1) is 4.95. The van der Waals surface area contributed by atoms with Gasteiger partial charge in [-0.3, -0.25) is 0 Å². The molecule has 0 aliphatic carbocycles. The van der Waals surface area contributed by atoms with Crippen LogP contribution in [0.4, 0.5) is 0 Å². The van der Waals surface area contributed by atoms with Crippen molar-refractivity contribution in [1.82, 2.24) is 8.46 Å². The Kier molecular flexibility index (Phi) is 5.53. The lowest BCUT2D eigenvalue weighted by atomic mass is 10.3. The molecule has 0 N–H and O–H groups in total. The Balaban J connectivity index is 3.90. The van der Waals surface area contributed by atoms with Crippen LogP contribution in [-0.4, -0.2) is 51.2 Å². The lowest BCUT2D eigenvalue weighted by Gasteiger charge is -2.33. The van der Waals surface area contributed by atoms with Gasteiger partial charge in [-0.15, -0.1) is 0 Å². The van der Waals surface area contributed by atoms with E-state index in [2.05, 4.69) is 36.2 Å². The molecule has 0 aromatic heterocycles. The van der Waals surface area contributed by atoms with Crippen molar-refractivity contribution in [3.63, 3.8) is 0 Å². The molecular formula is C6H22N2Si3. The average Bonchev–Trinajstić information content (AvgIpc) is 1.81. The molecule has 2 nitrogen and oxygen atoms in total. The molecule has 0 saturated carbocycles. The van der Waals surface area contributed by atoms with E-state index in [-0.39, 0.29) is 9.84 Å². The fourth-order valence-corrected chi connectivity index (χ4v) is 4.52. The lowest BCUT2D eigenvalue weighted by molar-refractivity contribution is 0.305. The maximum absolute atomic E-state index is 2.67. The molecule has 0 unspecified atom stereocenters. The molecule has 5 heteroatoms. The highest BCUT2D eigenvalue weighted by atomic mass is 28.3. The van der Waals surface area contributed by atoms with E-state index >= 15 is 0 Å². The predicted molar refractivity (Wildman–Crippen MR) is 62.4 cm³/mol. The van der Waals surface area contributed by atoms with Crippen LogP contribution in [0.2, 0.25) is 0 Å². The van der Waals surface area contributed by atoms with E-state index in [4.69, 9.17) is 0 Å². The maximum Gasteiger partial charge on any atom is 0.158 e. The average molecular weight is 207 g/mol. The van der Waals surface area contributed by atoms with E-state index in [0.717, 1.165) is 12.1 Å². The number of rotatable bonds is 4. The van der Waals surface area contributed by atoms with Gasteiger partial charge in [-0.25, -0.2) is 0 Å². The number of hydrogen-bond acceptors (Lipinski definition) is 2. The van der Waals surface area contributed by atoms with E-state index in [9.17, 15) is 0 Å². The smallest absolute Gasteiger partial charge is 0.158 e. The van der Waals surface area contributed by atoms with Crippen molar-refractivity contribution in [2.24, 2.45) is 0 Å². The van der Waals surface area contributed by atoms with Gasteiger partial charge in [-0.2, -0.15) is 0 Å². The maximum atomic E-state index is 2.67. The molecule has 0 amide bonds. The van der Waals surface area contributed by atoms with Crippen molar-refractivity contribution in [2.45, 2.75) is 39.8 Å². The van der Waals surface area contributed by atoms with E-state index < -0.39 is 0 Å². The molecule has 0 atom stereocenters. The molecule has 0 spiro atoms. The van der Waals surface area contributed by atoms with Gasteiger partial charge in [-0.05, 0) is 12.1 Å². The van der Waals surface area contributed by atoms with Gasteiger partial charge in [0.1, 0.15) is 0 Å². The van der Waals surface area contributed by atoms with E-state index in [1.807, 2.05) is 0 Å². The third-order valence-electron chi connectivity index (χ3n) is 1.77. The van der Waals surface area contributed by atoms with Crippen LogP contribution in [0.25, 0.3) is 0 Å². The fraction of sp³-hybridized carbons (Fsp3) is 1.00. The molecule has 0 radical (unpaired) electrons. The summed E-state index contributed by atoms with van der Waals surface area (Å²) in [7, 11) is 2.50. The summed E-state index contributed by atoms with van der Waals surface area (Å²) in [6.45, 7) is 9.22. The minimum Gasteiger partial charge on any atom is -0.376 e. The van der Waals surface area contributed by atoms with Gasteiger partial charge in [0.2, 0.25) is 0 Å². The third kappa shape index (κ3) is 4.91. The Morgan fingerprint density at radius 2 is 1.36 bits per heavy atom. The van der Waals surface area contributed by atoms with Crippen molar-refractivity contribution < 1.29 is 0 Å². The van der Waals surface area contributed by atoms with E-state index in [1.54, 1.807) is 0 Å². The molecule has 0 saturated heterocycles. The van der Waals surface area contributed by atoms with Crippen molar-refractivity contribution >= 4 is 30.7 Å². The Morgan fingerprint density at radius 3 is 1.45 bits per heavy atom. The highest BCUT2D eigenvalue weighted by Gasteiger charge is 2.13. The van der Waals surface area contributed by atoms with Crippen LogP contribution in [0.3, 0.4) is 0 Å². The second-order valence-corrected chi connectivity index (χ2v) is 13.6. The number of nitrogens with zero attached hydrogens (tertiary/aromatic N) is 2. The van der Waals surface area contributed by atoms with Crippen molar-refractivity contribution in [2.75, 3.05) is 0 Å². The Morgan fingerprint density at radius 1 is 1.00 bits per heavy atom. The van der Waals surface area contributed by atoms with Gasteiger partial charge < -0.3 is 8.46 Å². The second kappa shape index (κ2) is 5.26. The van der Waals surface area contributed by atoms with E-state index in [0.29, 0.717) is 0 Å². The Labute approximate surface area is 79.3 Å². The first-order valence-electron chi connectivity index (χ1n) is 4.35. The molecular weight excluding hydrogens is 184 g/mol. The molecule has 0 bridgehead atoms. The molecule has 0 aliphatic heterocycles. The largest absolute Gasteiger partial charge is 0.376 e. The summed E-state index contributed by atoms with van der Waals surface area (Å²) in [5.41, 5.74) is 0. The predicted octanol–water partition coefficient (Wildman–Crippen LogP) is -2.03. The van der Waals surface area contributed by atoms with Crippen LogP contribution in [0, 0.1) is 0 Å². The fourth-order valence-electron chi connectivity index (χ4n) is 1.25. The van der Waals surface area contributed by atoms with Crippen LogP contribution in [0.1, 0.15) is 27.7 Å². The van der Waals surface area contributed by atoms with Crippen molar-refractivity contribution in [3.8, 4) is 0 Å². The van der Waals surface area contributed by atoms with Gasteiger partial charge in [0.25, 0.3) is 0 Å². The van der Waals surface area contributed by atoms with Gasteiger partial charge in [0.05, 0.1) is 20.8 Å². The third-order valence-corrected chi connectivity index (χ3v) is 5.82. The first-order valence-corrected chi connectivity index (χ1v) is 7.41. The van der Waals surface area contributed by atoms with Crippen LogP contribution >= 0.6 is 0 Å². The van der Waals surface area contributed by atoms with Crippen LogP contribution in [0.5, 0.6) is 0 Å². The molecule has 0 aromatic carbocycles. The second-order valence-electron chi connectivity index (χ2n) is 3.92. The summed E-state index contributed by atoms with van der Waals surface area (Å²) in [5, 5.41) is 0. The molecule has 11 heavy (non-hydrogen) atoms. The monoisotopic (exact) mass is 206 g/mol. The Bertz CT molecular complexity index is 98.0. The topological polar surface area (TPSA) is 6.48 Å². The van der Waals surface area contributed by atoms with Crippen molar-refractivity contribution in [1.29, 1.82) is 0 Å². The zero-order valence-electron chi connectivity index (χ0n) is 8.76. The van der Waals surface area contributed by atoms with Crippen LogP contribution in [0.15, 0.2) is 0 Å². The zero-order chi connectivity index (χ0) is 9.02. The van der Waals surface area contributed by atoms with Gasteiger partial charge >= 0.3 is 0 Å². The normalized spacial score (nSPS) is 14.2. The van der Waals surface area contributed by atoms with E-state index in [1.165, 1.54) is 20.8 Å². The summed E-state index contributed by atoms with van der Waals surface area (Å²) in [6, 6.07) is 1.49. The number of hydrogen-bond donors (Lipinski definition) is 0. The minimum atomic E-state index is -0.0448. The van der Waals surface area contributed by atoms with Gasteiger partial charge in [0.15, 0.2) is 9.84 Å². The zero-order valence-corrected chi connectivity index (χ0v) is 14.2. The summed E-state index contributed by atoms with van der Waals surface area (Å²) in [6.07, 6.45) is 0. The van der Waals surface area contributed by atoms with Gasteiger partial charge in [0, 0.05) is 0 Å². The lowest BCUT2D eigenvalue weighted by Crippen LogP contribution is -2.46. The van der Waals surface area contributed by atoms with Crippen LogP contribution in [-0.2, 0) is 0 Å². The molecule has 0 fully saturated rings.